The van der Waals surface area contributed by atoms with Crippen molar-refractivity contribution in [1.29, 1.82) is 0 Å². The van der Waals surface area contributed by atoms with Crippen molar-refractivity contribution in [1.82, 2.24) is 29.5 Å². The Hall–Kier alpha value is -4.68. The monoisotopic (exact) mass is 506 g/mol. The number of nitro groups is 1. The molecule has 13 heteroatoms. The minimum absolute atomic E-state index is 0.0263. The van der Waals surface area contributed by atoms with Crippen LogP contribution in [0, 0.1) is 42.6 Å². The van der Waals surface area contributed by atoms with Crippen LogP contribution in [0.15, 0.2) is 36.7 Å². The second kappa shape index (κ2) is 9.08. The van der Waals surface area contributed by atoms with E-state index in [0.29, 0.717) is 35.1 Å². The number of benzene rings is 1. The van der Waals surface area contributed by atoms with Gasteiger partial charge in [0, 0.05) is 23.7 Å². The van der Waals surface area contributed by atoms with Crippen LogP contribution in [-0.4, -0.2) is 45.7 Å². The average Bonchev–Trinajstić information content (AvgIpc) is 3.54. The van der Waals surface area contributed by atoms with E-state index in [1.807, 2.05) is 0 Å². The van der Waals surface area contributed by atoms with Crippen molar-refractivity contribution in [3.63, 3.8) is 0 Å². The molecule has 0 spiro atoms. The number of rotatable bonds is 7. The Kier molecular flexibility index (Phi) is 5.90. The van der Waals surface area contributed by atoms with Crippen LogP contribution in [0.2, 0.25) is 0 Å². The van der Waals surface area contributed by atoms with Gasteiger partial charge in [0.15, 0.2) is 5.82 Å². The van der Waals surface area contributed by atoms with Crippen molar-refractivity contribution in [3.05, 3.63) is 69.5 Å². The molecule has 1 aliphatic rings. The number of hydrogen-bond donors (Lipinski definition) is 1. The molecule has 3 heterocycles. The Morgan fingerprint density at radius 1 is 1.19 bits per heavy atom. The first-order chi connectivity index (χ1) is 17.7. The maximum atomic E-state index is 13.5. The standard InChI is InChI=1S/C24H23FN8O4/c1-13-21(17-6-8-18(25)9-7-17)29-30(11-16-4-5-16)23(13)31(24(34)35)19-10-20(27-12-26-19)32-15(3)22(33(36)37)14(2)28-32/h6-10,12,16H,4-5,11H2,1-3H3,(H,34,35). The lowest BCUT2D eigenvalue weighted by Crippen LogP contribution is -2.28. The van der Waals surface area contributed by atoms with E-state index in [9.17, 15) is 24.4 Å². The zero-order valence-corrected chi connectivity index (χ0v) is 20.3. The molecule has 1 saturated carbocycles. The summed E-state index contributed by atoms with van der Waals surface area (Å²) in [4.78, 5) is 32.9. The highest BCUT2D eigenvalue weighted by Gasteiger charge is 2.32. The quantitative estimate of drug-likeness (QED) is 0.280. The highest BCUT2D eigenvalue weighted by atomic mass is 19.1. The number of hydrogen-bond acceptors (Lipinski definition) is 7. The van der Waals surface area contributed by atoms with E-state index >= 15 is 0 Å². The van der Waals surface area contributed by atoms with E-state index in [2.05, 4.69) is 15.1 Å². The first kappa shape index (κ1) is 24.0. The van der Waals surface area contributed by atoms with Crippen molar-refractivity contribution >= 4 is 23.4 Å². The maximum Gasteiger partial charge on any atom is 0.418 e. The number of amides is 1. The van der Waals surface area contributed by atoms with E-state index in [0.717, 1.165) is 17.7 Å². The molecule has 0 unspecified atom stereocenters. The van der Waals surface area contributed by atoms with Gasteiger partial charge in [-0.1, -0.05) is 0 Å². The normalized spacial score (nSPS) is 13.1. The number of anilines is 2. The summed E-state index contributed by atoms with van der Waals surface area (Å²) >= 11 is 0. The predicted octanol–water partition coefficient (Wildman–Crippen LogP) is 4.72. The zero-order valence-electron chi connectivity index (χ0n) is 20.3. The van der Waals surface area contributed by atoms with Gasteiger partial charge in [-0.15, -0.1) is 0 Å². The Labute approximate surface area is 210 Å². The van der Waals surface area contributed by atoms with Gasteiger partial charge in [-0.25, -0.2) is 33.4 Å². The van der Waals surface area contributed by atoms with Gasteiger partial charge >= 0.3 is 11.8 Å². The molecule has 12 nitrogen and oxygen atoms in total. The van der Waals surface area contributed by atoms with Crippen molar-refractivity contribution < 1.29 is 19.2 Å². The van der Waals surface area contributed by atoms with Crippen LogP contribution in [0.5, 0.6) is 0 Å². The summed E-state index contributed by atoms with van der Waals surface area (Å²) in [5, 5.41) is 30.7. The van der Waals surface area contributed by atoms with Gasteiger partial charge in [-0.3, -0.25) is 10.1 Å². The molecule has 5 rings (SSSR count). The number of aromatic nitrogens is 6. The molecular formula is C24H23FN8O4. The van der Waals surface area contributed by atoms with Gasteiger partial charge in [0.05, 0.1) is 10.6 Å². The lowest BCUT2D eigenvalue weighted by Gasteiger charge is -2.21. The molecule has 1 aliphatic carbocycles. The van der Waals surface area contributed by atoms with Crippen molar-refractivity contribution in [2.45, 2.75) is 40.2 Å². The number of carboxylic acid groups (broad SMARTS) is 1. The lowest BCUT2D eigenvalue weighted by molar-refractivity contribution is -0.386. The molecule has 0 bridgehead atoms. The van der Waals surface area contributed by atoms with Crippen LogP contribution in [-0.2, 0) is 6.54 Å². The summed E-state index contributed by atoms with van der Waals surface area (Å²) in [6, 6.07) is 7.25. The van der Waals surface area contributed by atoms with Gasteiger partial charge in [0.2, 0.25) is 0 Å². The molecule has 37 heavy (non-hydrogen) atoms. The molecule has 0 atom stereocenters. The van der Waals surface area contributed by atoms with E-state index in [4.69, 9.17) is 5.10 Å². The highest BCUT2D eigenvalue weighted by molar-refractivity contribution is 5.94. The van der Waals surface area contributed by atoms with Crippen LogP contribution in [0.4, 0.5) is 26.5 Å². The third kappa shape index (κ3) is 4.39. The molecule has 4 aromatic rings. The molecule has 1 aromatic carbocycles. The highest BCUT2D eigenvalue weighted by Crippen LogP contribution is 2.38. The average molecular weight is 506 g/mol. The second-order valence-corrected chi connectivity index (χ2v) is 8.97. The van der Waals surface area contributed by atoms with Crippen LogP contribution in [0.1, 0.15) is 29.8 Å². The fraction of sp³-hybridized carbons (Fsp3) is 0.292. The third-order valence-corrected chi connectivity index (χ3v) is 6.32. The van der Waals surface area contributed by atoms with Gasteiger partial charge in [0.1, 0.15) is 35.2 Å². The summed E-state index contributed by atoms with van der Waals surface area (Å²) in [6.45, 7) is 5.33. The first-order valence-corrected chi connectivity index (χ1v) is 11.5. The first-order valence-electron chi connectivity index (χ1n) is 11.5. The van der Waals surface area contributed by atoms with Crippen molar-refractivity contribution in [2.24, 2.45) is 5.92 Å². The van der Waals surface area contributed by atoms with E-state index < -0.39 is 11.0 Å². The second-order valence-electron chi connectivity index (χ2n) is 8.97. The molecular weight excluding hydrogens is 483 g/mol. The van der Waals surface area contributed by atoms with Gasteiger partial charge in [0.25, 0.3) is 0 Å². The summed E-state index contributed by atoms with van der Waals surface area (Å²) in [5.41, 5.74) is 2.08. The summed E-state index contributed by atoms with van der Waals surface area (Å²) in [6.07, 6.45) is 1.92. The van der Waals surface area contributed by atoms with Crippen molar-refractivity contribution in [3.8, 4) is 17.1 Å². The molecule has 190 valence electrons. The summed E-state index contributed by atoms with van der Waals surface area (Å²) in [7, 11) is 0. The smallest absolute Gasteiger partial charge is 0.418 e. The lowest BCUT2D eigenvalue weighted by atomic mass is 10.1. The number of nitrogens with zero attached hydrogens (tertiary/aromatic N) is 8. The van der Waals surface area contributed by atoms with Crippen molar-refractivity contribution in [2.75, 3.05) is 4.90 Å². The summed E-state index contributed by atoms with van der Waals surface area (Å²) in [5.74, 6) is 0.505. The van der Waals surface area contributed by atoms with Gasteiger partial charge < -0.3 is 5.11 Å². The Balaban J connectivity index is 1.64. The van der Waals surface area contributed by atoms with E-state index in [1.165, 1.54) is 36.1 Å². The van der Waals surface area contributed by atoms with Crippen LogP contribution in [0.3, 0.4) is 0 Å². The fourth-order valence-corrected chi connectivity index (χ4v) is 4.37. The van der Waals surface area contributed by atoms with Gasteiger partial charge in [-0.05, 0) is 63.8 Å². The number of carbonyl (C=O) groups is 1. The van der Waals surface area contributed by atoms with Crippen LogP contribution >= 0.6 is 0 Å². The largest absolute Gasteiger partial charge is 0.464 e. The summed E-state index contributed by atoms with van der Waals surface area (Å²) < 4.78 is 16.5. The van der Waals surface area contributed by atoms with Crippen LogP contribution in [0.25, 0.3) is 17.1 Å². The number of halogens is 1. The molecule has 0 aliphatic heterocycles. The topological polar surface area (TPSA) is 145 Å². The zero-order chi connectivity index (χ0) is 26.4. The SMILES string of the molecule is Cc1nn(-c2cc(N(C(=O)O)c3c(C)c(-c4ccc(F)cc4)nn3CC3CC3)ncn2)c(C)c1[N+](=O)[O-]. The Bertz CT molecular complexity index is 1520. The third-order valence-electron chi connectivity index (χ3n) is 6.32. The van der Waals surface area contributed by atoms with Crippen LogP contribution < -0.4 is 4.90 Å². The Morgan fingerprint density at radius 2 is 1.89 bits per heavy atom. The molecule has 0 saturated heterocycles. The minimum atomic E-state index is -1.30. The van der Waals surface area contributed by atoms with E-state index in [1.54, 1.807) is 30.7 Å². The molecule has 3 aromatic heterocycles. The molecule has 0 radical (unpaired) electrons. The number of aryl methyl sites for hydroxylation is 1. The minimum Gasteiger partial charge on any atom is -0.464 e. The fourth-order valence-electron chi connectivity index (χ4n) is 4.37. The molecule has 1 fully saturated rings. The predicted molar refractivity (Wildman–Crippen MR) is 131 cm³/mol. The maximum absolute atomic E-state index is 13.5. The van der Waals surface area contributed by atoms with E-state index in [-0.39, 0.29) is 34.5 Å². The Morgan fingerprint density at radius 3 is 2.49 bits per heavy atom. The van der Waals surface area contributed by atoms with Gasteiger partial charge in [-0.2, -0.15) is 10.2 Å². The molecule has 1 amide bonds. The molecule has 1 N–H and O–H groups in total.